The lowest BCUT2D eigenvalue weighted by molar-refractivity contribution is 0.568. The quantitative estimate of drug-likeness (QED) is 0.806. The van der Waals surface area contributed by atoms with E-state index in [1.165, 1.54) is 18.2 Å². The summed E-state index contributed by atoms with van der Waals surface area (Å²) in [6.45, 7) is 0. The molecule has 21 heavy (non-hydrogen) atoms. The second-order valence-corrected chi connectivity index (χ2v) is 7.24. The minimum atomic E-state index is -3.77. The molecule has 0 saturated carbocycles. The molecule has 0 aliphatic heterocycles. The van der Waals surface area contributed by atoms with E-state index in [0.717, 1.165) is 5.56 Å². The van der Waals surface area contributed by atoms with Gasteiger partial charge in [-0.3, -0.25) is 0 Å². The second-order valence-electron chi connectivity index (χ2n) is 4.34. The number of sulfonamides is 1. The van der Waals surface area contributed by atoms with Crippen LogP contribution in [0.1, 0.15) is 11.6 Å². The van der Waals surface area contributed by atoms with Crippen LogP contribution in [0.5, 0.6) is 0 Å². The molecule has 112 valence electrons. The lowest BCUT2D eigenvalue weighted by atomic mass is 10.1. The van der Waals surface area contributed by atoms with Gasteiger partial charge in [0.15, 0.2) is 0 Å². The Morgan fingerprint density at radius 3 is 2.10 bits per heavy atom. The third kappa shape index (κ3) is 4.34. The van der Waals surface area contributed by atoms with Gasteiger partial charge in [0, 0.05) is 15.9 Å². The first kappa shape index (κ1) is 16.6. The van der Waals surface area contributed by atoms with Crippen molar-refractivity contribution in [3.8, 4) is 0 Å². The van der Waals surface area contributed by atoms with Crippen LogP contribution in [0.25, 0.3) is 0 Å². The van der Waals surface area contributed by atoms with Crippen LogP contribution >= 0.6 is 34.8 Å². The first-order chi connectivity index (χ1) is 9.92. The first-order valence-corrected chi connectivity index (χ1v) is 8.79. The number of nitrogens with one attached hydrogen (secondary N) is 1. The predicted molar refractivity (Wildman–Crippen MR) is 86.7 cm³/mol. The fraction of sp³-hybridized carbons (Fsp3) is 0.143. The van der Waals surface area contributed by atoms with E-state index in [0.29, 0.717) is 0 Å². The number of benzene rings is 2. The smallest absolute Gasteiger partial charge is 0.207 e. The molecular formula is C14H12Cl3NO2S. The lowest BCUT2D eigenvalue weighted by Gasteiger charge is -2.17. The van der Waals surface area contributed by atoms with E-state index in [1.807, 2.05) is 18.2 Å². The molecule has 3 nitrogen and oxygen atoms in total. The zero-order valence-electron chi connectivity index (χ0n) is 10.8. The zero-order valence-corrected chi connectivity index (χ0v) is 13.8. The van der Waals surface area contributed by atoms with E-state index < -0.39 is 16.1 Å². The molecule has 1 unspecified atom stereocenters. The fourth-order valence-corrected chi connectivity index (χ4v) is 4.11. The van der Waals surface area contributed by atoms with E-state index in [-0.39, 0.29) is 20.8 Å². The van der Waals surface area contributed by atoms with Gasteiger partial charge in [-0.2, -0.15) is 0 Å². The number of rotatable bonds is 5. The summed E-state index contributed by atoms with van der Waals surface area (Å²) in [6.07, 6.45) is 0. The van der Waals surface area contributed by atoms with Crippen LogP contribution in [0.4, 0.5) is 0 Å². The van der Waals surface area contributed by atoms with E-state index in [2.05, 4.69) is 4.72 Å². The largest absolute Gasteiger partial charge is 0.241 e. The summed E-state index contributed by atoms with van der Waals surface area (Å²) in [5.41, 5.74) is 0.782. The molecule has 0 saturated heterocycles. The second kappa shape index (κ2) is 6.99. The van der Waals surface area contributed by atoms with Gasteiger partial charge in [0.25, 0.3) is 0 Å². The maximum Gasteiger partial charge on any atom is 0.241 e. The van der Waals surface area contributed by atoms with Gasteiger partial charge in [0.2, 0.25) is 10.0 Å². The summed E-state index contributed by atoms with van der Waals surface area (Å²) in [7, 11) is -3.77. The molecule has 0 radical (unpaired) electrons. The number of hydrogen-bond acceptors (Lipinski definition) is 2. The minimum Gasteiger partial charge on any atom is -0.207 e. The molecule has 2 aromatic carbocycles. The molecule has 0 amide bonds. The Balaban J connectivity index is 2.31. The highest BCUT2D eigenvalue weighted by Gasteiger charge is 2.21. The van der Waals surface area contributed by atoms with Crippen molar-refractivity contribution in [2.75, 3.05) is 5.88 Å². The summed E-state index contributed by atoms with van der Waals surface area (Å²) in [5, 5.41) is 0.509. The molecule has 7 heteroatoms. The Bertz CT molecular complexity index is 700. The molecule has 0 fully saturated rings. The first-order valence-electron chi connectivity index (χ1n) is 6.02. The van der Waals surface area contributed by atoms with Crippen molar-refractivity contribution >= 4 is 44.8 Å². The molecule has 0 aromatic heterocycles. The molecule has 0 aliphatic carbocycles. The molecule has 2 rings (SSSR count). The van der Waals surface area contributed by atoms with Crippen LogP contribution in [-0.4, -0.2) is 14.3 Å². The van der Waals surface area contributed by atoms with E-state index in [9.17, 15) is 8.42 Å². The maximum absolute atomic E-state index is 12.4. The third-order valence-electron chi connectivity index (χ3n) is 2.80. The Hall–Kier alpha value is -0.780. The molecule has 0 spiro atoms. The Kier molecular flexibility index (Phi) is 5.52. The summed E-state index contributed by atoms with van der Waals surface area (Å²) >= 11 is 17.6. The molecule has 2 aromatic rings. The van der Waals surface area contributed by atoms with Gasteiger partial charge in [0.1, 0.15) is 0 Å². The van der Waals surface area contributed by atoms with Crippen LogP contribution in [0.15, 0.2) is 53.4 Å². The van der Waals surface area contributed by atoms with Crippen molar-refractivity contribution in [1.82, 2.24) is 4.72 Å². The predicted octanol–water partition coefficient (Wildman–Crippen LogP) is 4.25. The van der Waals surface area contributed by atoms with E-state index >= 15 is 0 Å². The third-order valence-corrected chi connectivity index (χ3v) is 5.00. The van der Waals surface area contributed by atoms with Crippen molar-refractivity contribution in [2.24, 2.45) is 0 Å². The van der Waals surface area contributed by atoms with Gasteiger partial charge in [-0.1, -0.05) is 53.5 Å². The SMILES string of the molecule is O=S(=O)(NC(CCl)c1ccccc1)c1cc(Cl)cc(Cl)c1. The van der Waals surface area contributed by atoms with Gasteiger partial charge in [0.05, 0.1) is 10.9 Å². The van der Waals surface area contributed by atoms with Crippen LogP contribution < -0.4 is 4.72 Å². The van der Waals surface area contributed by atoms with Gasteiger partial charge in [-0.05, 0) is 23.8 Å². The van der Waals surface area contributed by atoms with Crippen LogP contribution in [-0.2, 0) is 10.0 Å². The fourth-order valence-electron chi connectivity index (χ4n) is 1.81. The molecule has 0 bridgehead atoms. The van der Waals surface area contributed by atoms with Crippen molar-refractivity contribution in [3.63, 3.8) is 0 Å². The normalized spacial score (nSPS) is 13.1. The van der Waals surface area contributed by atoms with Crippen molar-refractivity contribution < 1.29 is 8.42 Å². The molecule has 0 heterocycles. The number of alkyl halides is 1. The summed E-state index contributed by atoms with van der Waals surface area (Å²) in [5.74, 6) is 0.109. The van der Waals surface area contributed by atoms with Gasteiger partial charge >= 0.3 is 0 Å². The van der Waals surface area contributed by atoms with E-state index in [1.54, 1.807) is 12.1 Å². The molecule has 0 aliphatic rings. The average molecular weight is 365 g/mol. The van der Waals surface area contributed by atoms with Gasteiger partial charge in [-0.15, -0.1) is 11.6 Å². The number of hydrogen-bond donors (Lipinski definition) is 1. The van der Waals surface area contributed by atoms with Crippen molar-refractivity contribution in [2.45, 2.75) is 10.9 Å². The molecule has 1 atom stereocenters. The van der Waals surface area contributed by atoms with Crippen LogP contribution in [0, 0.1) is 0 Å². The zero-order chi connectivity index (χ0) is 15.5. The highest BCUT2D eigenvalue weighted by Crippen LogP contribution is 2.24. The Morgan fingerprint density at radius 1 is 1.00 bits per heavy atom. The standard InChI is InChI=1S/C14H12Cl3NO2S/c15-9-14(10-4-2-1-3-5-10)18-21(19,20)13-7-11(16)6-12(17)8-13/h1-8,14,18H,9H2. The highest BCUT2D eigenvalue weighted by atomic mass is 35.5. The minimum absolute atomic E-state index is 0.00560. The monoisotopic (exact) mass is 363 g/mol. The van der Waals surface area contributed by atoms with Gasteiger partial charge < -0.3 is 0 Å². The van der Waals surface area contributed by atoms with E-state index in [4.69, 9.17) is 34.8 Å². The number of halogens is 3. The Labute approximate surface area is 138 Å². The molecule has 1 N–H and O–H groups in total. The van der Waals surface area contributed by atoms with Crippen molar-refractivity contribution in [3.05, 3.63) is 64.1 Å². The average Bonchev–Trinajstić information content (AvgIpc) is 2.45. The summed E-state index contributed by atoms with van der Waals surface area (Å²) in [4.78, 5) is 0.00560. The topological polar surface area (TPSA) is 46.2 Å². The van der Waals surface area contributed by atoms with Crippen LogP contribution in [0.2, 0.25) is 10.0 Å². The maximum atomic E-state index is 12.4. The van der Waals surface area contributed by atoms with Crippen LogP contribution in [0.3, 0.4) is 0 Å². The highest BCUT2D eigenvalue weighted by molar-refractivity contribution is 7.89. The molecular weight excluding hydrogens is 353 g/mol. The van der Waals surface area contributed by atoms with Gasteiger partial charge in [-0.25, -0.2) is 13.1 Å². The lowest BCUT2D eigenvalue weighted by Crippen LogP contribution is -2.29. The Morgan fingerprint density at radius 2 is 1.57 bits per heavy atom. The summed E-state index contributed by atoms with van der Waals surface area (Å²) < 4.78 is 27.3. The van der Waals surface area contributed by atoms with Crippen molar-refractivity contribution in [1.29, 1.82) is 0 Å². The summed E-state index contributed by atoms with van der Waals surface area (Å²) in [6, 6.07) is 12.7.